The Morgan fingerprint density at radius 1 is 1.21 bits per heavy atom. The van der Waals surface area contributed by atoms with Crippen molar-refractivity contribution in [1.82, 2.24) is 10.6 Å². The lowest BCUT2D eigenvalue weighted by atomic mass is 10.1. The zero-order chi connectivity index (χ0) is 17.6. The van der Waals surface area contributed by atoms with E-state index in [1.807, 2.05) is 19.1 Å². The van der Waals surface area contributed by atoms with Gasteiger partial charge in [0.05, 0.1) is 6.54 Å². The van der Waals surface area contributed by atoms with Crippen LogP contribution >= 0.6 is 0 Å². The van der Waals surface area contributed by atoms with E-state index in [0.717, 1.165) is 57.1 Å². The number of nitrogens with zero attached hydrogens (tertiary/aromatic N) is 1. The number of rotatable bonds is 11. The first-order valence-electron chi connectivity index (χ1n) is 8.66. The highest BCUT2D eigenvalue weighted by atomic mass is 16.5. The SMILES string of the molecule is CCCCOCCCNC(=NCc1cccc(C(N)=O)c1)NCC. The number of guanidine groups is 1. The van der Waals surface area contributed by atoms with Gasteiger partial charge < -0.3 is 21.1 Å². The fourth-order valence-electron chi connectivity index (χ4n) is 2.06. The van der Waals surface area contributed by atoms with Gasteiger partial charge in [-0.25, -0.2) is 4.99 Å². The average molecular weight is 334 g/mol. The van der Waals surface area contributed by atoms with Crippen LogP contribution in [-0.4, -0.2) is 38.2 Å². The number of amides is 1. The Kier molecular flexibility index (Phi) is 10.3. The second-order valence-corrected chi connectivity index (χ2v) is 5.51. The Morgan fingerprint density at radius 2 is 2.00 bits per heavy atom. The Labute approximate surface area is 144 Å². The van der Waals surface area contributed by atoms with Crippen molar-refractivity contribution in [3.63, 3.8) is 0 Å². The van der Waals surface area contributed by atoms with E-state index in [1.165, 1.54) is 0 Å². The zero-order valence-corrected chi connectivity index (χ0v) is 14.8. The Balaban J connectivity index is 2.42. The van der Waals surface area contributed by atoms with Gasteiger partial charge in [-0.3, -0.25) is 4.79 Å². The van der Waals surface area contributed by atoms with Crippen molar-refractivity contribution >= 4 is 11.9 Å². The van der Waals surface area contributed by atoms with Crippen LogP contribution in [0.25, 0.3) is 0 Å². The molecule has 0 atom stereocenters. The fraction of sp³-hybridized carbons (Fsp3) is 0.556. The molecule has 0 fully saturated rings. The van der Waals surface area contributed by atoms with E-state index < -0.39 is 5.91 Å². The first-order valence-corrected chi connectivity index (χ1v) is 8.66. The summed E-state index contributed by atoms with van der Waals surface area (Å²) in [5, 5.41) is 6.49. The summed E-state index contributed by atoms with van der Waals surface area (Å²) in [5.74, 6) is 0.337. The standard InChI is InChI=1S/C18H30N4O2/c1-3-5-11-24-12-7-10-21-18(20-4-2)22-14-15-8-6-9-16(13-15)17(19)23/h6,8-9,13H,3-5,7,10-12,14H2,1-2H3,(H2,19,23)(H2,20,21,22). The number of hydrogen-bond acceptors (Lipinski definition) is 3. The molecule has 6 nitrogen and oxygen atoms in total. The molecule has 0 aliphatic carbocycles. The van der Waals surface area contributed by atoms with Crippen molar-refractivity contribution in [2.75, 3.05) is 26.3 Å². The molecule has 0 aliphatic rings. The van der Waals surface area contributed by atoms with Crippen LogP contribution in [0.3, 0.4) is 0 Å². The third-order valence-corrected chi connectivity index (χ3v) is 3.38. The number of benzene rings is 1. The number of ether oxygens (including phenoxy) is 1. The van der Waals surface area contributed by atoms with E-state index in [2.05, 4.69) is 22.5 Å². The Hall–Kier alpha value is -2.08. The van der Waals surface area contributed by atoms with Gasteiger partial charge in [-0.05, 0) is 37.5 Å². The number of primary amides is 1. The summed E-state index contributed by atoms with van der Waals surface area (Å²) in [6.07, 6.45) is 3.21. The van der Waals surface area contributed by atoms with E-state index >= 15 is 0 Å². The first kappa shape index (κ1) is 20.0. The highest BCUT2D eigenvalue weighted by molar-refractivity contribution is 5.92. The molecule has 134 valence electrons. The summed E-state index contributed by atoms with van der Waals surface area (Å²) in [7, 11) is 0. The summed E-state index contributed by atoms with van der Waals surface area (Å²) in [6.45, 7) is 7.86. The van der Waals surface area contributed by atoms with Gasteiger partial charge in [-0.1, -0.05) is 25.5 Å². The first-order chi connectivity index (χ1) is 11.7. The smallest absolute Gasteiger partial charge is 0.248 e. The molecule has 0 aliphatic heterocycles. The zero-order valence-electron chi connectivity index (χ0n) is 14.8. The topological polar surface area (TPSA) is 88.7 Å². The number of nitrogens with two attached hydrogens (primary N) is 1. The average Bonchev–Trinajstić information content (AvgIpc) is 2.59. The molecule has 24 heavy (non-hydrogen) atoms. The fourth-order valence-corrected chi connectivity index (χ4v) is 2.06. The normalized spacial score (nSPS) is 11.3. The summed E-state index contributed by atoms with van der Waals surface area (Å²) in [4.78, 5) is 15.7. The number of carbonyl (C=O) groups excluding carboxylic acids is 1. The lowest BCUT2D eigenvalue weighted by Gasteiger charge is -2.11. The van der Waals surface area contributed by atoms with E-state index in [9.17, 15) is 4.79 Å². The molecule has 1 aromatic rings. The van der Waals surface area contributed by atoms with Crippen LogP contribution < -0.4 is 16.4 Å². The maximum absolute atomic E-state index is 11.2. The number of aliphatic imine (C=N–C) groups is 1. The molecular weight excluding hydrogens is 304 g/mol. The lowest BCUT2D eigenvalue weighted by molar-refractivity contribution is 0.1000. The van der Waals surface area contributed by atoms with Gasteiger partial charge in [0, 0.05) is 31.9 Å². The van der Waals surface area contributed by atoms with Crippen molar-refractivity contribution in [2.45, 2.75) is 39.7 Å². The van der Waals surface area contributed by atoms with Crippen LogP contribution in [0.2, 0.25) is 0 Å². The van der Waals surface area contributed by atoms with Crippen molar-refractivity contribution in [1.29, 1.82) is 0 Å². The lowest BCUT2D eigenvalue weighted by Crippen LogP contribution is -2.38. The molecular formula is C18H30N4O2. The highest BCUT2D eigenvalue weighted by Gasteiger charge is 2.02. The maximum atomic E-state index is 11.2. The minimum absolute atomic E-state index is 0.422. The summed E-state index contributed by atoms with van der Waals surface area (Å²) in [5.41, 5.74) is 6.75. The van der Waals surface area contributed by atoms with Gasteiger partial charge in [-0.15, -0.1) is 0 Å². The molecule has 0 saturated carbocycles. The predicted octanol–water partition coefficient (Wildman–Crippen LogP) is 2.05. The number of unbranched alkanes of at least 4 members (excludes halogenated alkanes) is 1. The molecule has 4 N–H and O–H groups in total. The second-order valence-electron chi connectivity index (χ2n) is 5.51. The second kappa shape index (κ2) is 12.4. The van der Waals surface area contributed by atoms with Gasteiger partial charge in [0.2, 0.25) is 5.91 Å². The minimum Gasteiger partial charge on any atom is -0.381 e. The van der Waals surface area contributed by atoms with Crippen LogP contribution in [0.5, 0.6) is 0 Å². The van der Waals surface area contributed by atoms with Crippen LogP contribution in [-0.2, 0) is 11.3 Å². The molecule has 0 unspecified atom stereocenters. The van der Waals surface area contributed by atoms with Crippen LogP contribution in [0, 0.1) is 0 Å². The molecule has 0 aromatic heterocycles. The van der Waals surface area contributed by atoms with Gasteiger partial charge in [0.25, 0.3) is 0 Å². The summed E-state index contributed by atoms with van der Waals surface area (Å²) < 4.78 is 5.54. The van der Waals surface area contributed by atoms with E-state index in [4.69, 9.17) is 10.5 Å². The molecule has 1 aromatic carbocycles. The third kappa shape index (κ3) is 8.53. The van der Waals surface area contributed by atoms with Gasteiger partial charge in [0.1, 0.15) is 0 Å². The summed E-state index contributed by atoms with van der Waals surface area (Å²) in [6, 6.07) is 7.23. The van der Waals surface area contributed by atoms with Crippen molar-refractivity contribution in [3.8, 4) is 0 Å². The molecule has 0 spiro atoms. The number of hydrogen-bond donors (Lipinski definition) is 3. The predicted molar refractivity (Wildman–Crippen MR) is 98.1 cm³/mol. The molecule has 0 heterocycles. The Morgan fingerprint density at radius 3 is 2.71 bits per heavy atom. The largest absolute Gasteiger partial charge is 0.381 e. The molecule has 0 saturated heterocycles. The van der Waals surface area contributed by atoms with Crippen molar-refractivity contribution in [2.24, 2.45) is 10.7 Å². The van der Waals surface area contributed by atoms with E-state index in [-0.39, 0.29) is 0 Å². The third-order valence-electron chi connectivity index (χ3n) is 3.38. The van der Waals surface area contributed by atoms with Crippen LogP contribution in [0.15, 0.2) is 29.3 Å². The number of carbonyl (C=O) groups is 1. The molecule has 1 amide bonds. The molecule has 0 radical (unpaired) electrons. The Bertz CT molecular complexity index is 517. The van der Waals surface area contributed by atoms with Crippen LogP contribution in [0.1, 0.15) is 49.0 Å². The minimum atomic E-state index is -0.422. The summed E-state index contributed by atoms with van der Waals surface area (Å²) >= 11 is 0. The molecule has 1 rings (SSSR count). The molecule has 6 heteroatoms. The monoisotopic (exact) mass is 334 g/mol. The van der Waals surface area contributed by atoms with Crippen LogP contribution in [0.4, 0.5) is 0 Å². The van der Waals surface area contributed by atoms with Crippen molar-refractivity contribution in [3.05, 3.63) is 35.4 Å². The van der Waals surface area contributed by atoms with Crippen molar-refractivity contribution < 1.29 is 9.53 Å². The van der Waals surface area contributed by atoms with Gasteiger partial charge >= 0.3 is 0 Å². The van der Waals surface area contributed by atoms with E-state index in [1.54, 1.807) is 12.1 Å². The van der Waals surface area contributed by atoms with Gasteiger partial charge in [0.15, 0.2) is 5.96 Å². The quantitative estimate of drug-likeness (QED) is 0.328. The van der Waals surface area contributed by atoms with E-state index in [0.29, 0.717) is 12.1 Å². The molecule has 0 bridgehead atoms. The maximum Gasteiger partial charge on any atom is 0.248 e. The van der Waals surface area contributed by atoms with Gasteiger partial charge in [-0.2, -0.15) is 0 Å². The number of nitrogens with one attached hydrogen (secondary N) is 2. The highest BCUT2D eigenvalue weighted by Crippen LogP contribution is 2.06.